The van der Waals surface area contributed by atoms with Gasteiger partial charge in [0.2, 0.25) is 5.43 Å². The first kappa shape index (κ1) is 15.8. The third-order valence-corrected chi connectivity index (χ3v) is 4.63. The van der Waals surface area contributed by atoms with Crippen LogP contribution in [0, 0.1) is 0 Å². The average molecular weight is 306 g/mol. The minimum absolute atomic E-state index is 0.141. The maximum atomic E-state index is 12.3. The number of aromatic nitrogens is 1. The van der Waals surface area contributed by atoms with E-state index >= 15 is 0 Å². The van der Waals surface area contributed by atoms with Gasteiger partial charge in [-0.25, -0.2) is 0 Å². The smallest absolute Gasteiger partial charge is 0.257 e. The Morgan fingerprint density at radius 2 is 2.19 bits per heavy atom. The molecule has 4 nitrogen and oxygen atoms in total. The van der Waals surface area contributed by atoms with Gasteiger partial charge in [-0.15, -0.1) is 11.3 Å². The number of aromatic amines is 1. The fourth-order valence-electron chi connectivity index (χ4n) is 2.39. The minimum atomic E-state index is -0.269. The fraction of sp³-hybridized carbons (Fsp3) is 0.500. The Bertz CT molecular complexity index is 660. The number of hydrogen-bond acceptors (Lipinski definition) is 3. The lowest BCUT2D eigenvalue weighted by molar-refractivity contribution is 0.0932. The molecule has 0 aliphatic carbocycles. The van der Waals surface area contributed by atoms with Crippen molar-refractivity contribution >= 4 is 27.5 Å². The van der Waals surface area contributed by atoms with Crippen molar-refractivity contribution in [3.63, 3.8) is 0 Å². The van der Waals surface area contributed by atoms with Crippen molar-refractivity contribution in [3.8, 4) is 0 Å². The predicted octanol–water partition coefficient (Wildman–Crippen LogP) is 3.68. The Labute approximate surface area is 128 Å². The third-order valence-electron chi connectivity index (χ3n) is 3.72. The van der Waals surface area contributed by atoms with Gasteiger partial charge >= 0.3 is 0 Å². The van der Waals surface area contributed by atoms with Crippen molar-refractivity contribution in [2.45, 2.75) is 52.0 Å². The highest BCUT2D eigenvalue weighted by molar-refractivity contribution is 7.17. The van der Waals surface area contributed by atoms with E-state index in [9.17, 15) is 9.59 Å². The van der Waals surface area contributed by atoms with Gasteiger partial charge in [-0.1, -0.05) is 33.1 Å². The fourth-order valence-corrected chi connectivity index (χ4v) is 3.20. The molecule has 0 spiro atoms. The number of carbonyl (C=O) groups is 1. The van der Waals surface area contributed by atoms with Gasteiger partial charge < -0.3 is 10.3 Å². The lowest BCUT2D eigenvalue weighted by atomic mass is 10.1. The Balaban J connectivity index is 2.10. The standard InChI is InChI=1S/C16H22N2O2S/c1-3-5-6-7-11(4-2)18-16(20)12-10-17-13-8-9-21-15(13)14(12)19/h8-11H,3-7H2,1-2H3,(H,17,19)(H,18,20). The molecule has 0 bridgehead atoms. The molecule has 2 aromatic heterocycles. The van der Waals surface area contributed by atoms with E-state index in [-0.39, 0.29) is 22.9 Å². The first-order valence-corrected chi connectivity index (χ1v) is 8.45. The van der Waals surface area contributed by atoms with Crippen LogP contribution < -0.4 is 10.7 Å². The van der Waals surface area contributed by atoms with Gasteiger partial charge in [0.25, 0.3) is 5.91 Å². The molecule has 5 heteroatoms. The van der Waals surface area contributed by atoms with E-state index < -0.39 is 0 Å². The van der Waals surface area contributed by atoms with Crippen LogP contribution in [0.2, 0.25) is 0 Å². The van der Waals surface area contributed by atoms with E-state index in [1.54, 1.807) is 0 Å². The van der Waals surface area contributed by atoms with E-state index in [0.29, 0.717) is 4.70 Å². The zero-order valence-corrected chi connectivity index (χ0v) is 13.4. The van der Waals surface area contributed by atoms with Crippen molar-refractivity contribution in [3.05, 3.63) is 33.4 Å². The molecule has 0 aromatic carbocycles. The van der Waals surface area contributed by atoms with E-state index in [0.717, 1.165) is 24.8 Å². The number of thiophene rings is 1. The summed E-state index contributed by atoms with van der Waals surface area (Å²) in [4.78, 5) is 27.6. The number of pyridine rings is 1. The zero-order chi connectivity index (χ0) is 15.2. The Hall–Kier alpha value is -1.62. The number of hydrogen-bond donors (Lipinski definition) is 2. The van der Waals surface area contributed by atoms with E-state index in [2.05, 4.69) is 24.1 Å². The Morgan fingerprint density at radius 3 is 2.90 bits per heavy atom. The maximum Gasteiger partial charge on any atom is 0.257 e. The van der Waals surface area contributed by atoms with Gasteiger partial charge in [0.05, 0.1) is 10.2 Å². The summed E-state index contributed by atoms with van der Waals surface area (Å²) in [6.07, 6.45) is 6.82. The summed E-state index contributed by atoms with van der Waals surface area (Å²) >= 11 is 1.36. The molecule has 1 unspecified atom stereocenters. The number of H-pyrrole nitrogens is 1. The van der Waals surface area contributed by atoms with Crippen molar-refractivity contribution < 1.29 is 4.79 Å². The molecule has 0 saturated heterocycles. The molecule has 0 aliphatic rings. The number of nitrogens with one attached hydrogen (secondary N) is 2. The van der Waals surface area contributed by atoms with Crippen molar-refractivity contribution in [1.82, 2.24) is 10.3 Å². The van der Waals surface area contributed by atoms with Crippen LogP contribution in [0.15, 0.2) is 22.4 Å². The number of rotatable bonds is 7. The second-order valence-corrected chi connectivity index (χ2v) is 6.19. The number of carbonyl (C=O) groups excluding carboxylic acids is 1. The lowest BCUT2D eigenvalue weighted by Crippen LogP contribution is -2.36. The summed E-state index contributed by atoms with van der Waals surface area (Å²) in [5.74, 6) is -0.269. The quantitative estimate of drug-likeness (QED) is 0.767. The van der Waals surface area contributed by atoms with Crippen molar-refractivity contribution in [1.29, 1.82) is 0 Å². The minimum Gasteiger partial charge on any atom is -0.359 e. The van der Waals surface area contributed by atoms with E-state index in [1.807, 2.05) is 11.4 Å². The van der Waals surface area contributed by atoms with Gasteiger partial charge in [0.1, 0.15) is 5.56 Å². The SMILES string of the molecule is CCCCCC(CC)NC(=O)c1c[nH]c2ccsc2c1=O. The second kappa shape index (κ2) is 7.41. The number of unbranched alkanes of at least 4 members (excludes halogenated alkanes) is 2. The normalized spacial score (nSPS) is 12.5. The maximum absolute atomic E-state index is 12.3. The number of amides is 1. The first-order chi connectivity index (χ1) is 10.2. The molecule has 1 amide bonds. The molecule has 0 aliphatic heterocycles. The Kier molecular flexibility index (Phi) is 5.56. The molecular formula is C16H22N2O2S. The summed E-state index contributed by atoms with van der Waals surface area (Å²) < 4.78 is 0.613. The molecule has 1 atom stereocenters. The van der Waals surface area contributed by atoms with Crippen LogP contribution in [0.3, 0.4) is 0 Å². The highest BCUT2D eigenvalue weighted by atomic mass is 32.1. The third kappa shape index (κ3) is 3.73. The molecule has 2 N–H and O–H groups in total. The molecule has 2 heterocycles. The summed E-state index contributed by atoms with van der Waals surface area (Å²) in [6.45, 7) is 4.22. The van der Waals surface area contributed by atoms with E-state index in [1.165, 1.54) is 30.4 Å². The average Bonchev–Trinajstić information content (AvgIpc) is 2.96. The molecule has 2 rings (SSSR count). The summed E-state index contributed by atoms with van der Waals surface area (Å²) in [5, 5.41) is 4.84. The molecule has 114 valence electrons. The molecule has 21 heavy (non-hydrogen) atoms. The van der Waals surface area contributed by atoms with Gasteiger partial charge in [-0.3, -0.25) is 9.59 Å². The van der Waals surface area contributed by atoms with Crippen LogP contribution in [0.5, 0.6) is 0 Å². The van der Waals surface area contributed by atoms with Crippen LogP contribution in [-0.2, 0) is 0 Å². The predicted molar refractivity (Wildman–Crippen MR) is 88.1 cm³/mol. The van der Waals surface area contributed by atoms with Crippen LogP contribution in [0.1, 0.15) is 56.3 Å². The zero-order valence-electron chi connectivity index (χ0n) is 12.6. The summed E-state index contributed by atoms with van der Waals surface area (Å²) in [6, 6.07) is 1.99. The van der Waals surface area contributed by atoms with Gasteiger partial charge in [-0.05, 0) is 24.3 Å². The van der Waals surface area contributed by atoms with Gasteiger partial charge in [0.15, 0.2) is 0 Å². The van der Waals surface area contributed by atoms with Crippen LogP contribution in [-0.4, -0.2) is 16.9 Å². The monoisotopic (exact) mass is 306 g/mol. The van der Waals surface area contributed by atoms with Crippen molar-refractivity contribution in [2.24, 2.45) is 0 Å². The summed E-state index contributed by atoms with van der Waals surface area (Å²) in [5.41, 5.74) is 0.815. The topological polar surface area (TPSA) is 62.0 Å². The molecule has 0 radical (unpaired) electrons. The summed E-state index contributed by atoms with van der Waals surface area (Å²) in [7, 11) is 0. The van der Waals surface area contributed by atoms with Crippen LogP contribution >= 0.6 is 11.3 Å². The molecule has 0 saturated carbocycles. The van der Waals surface area contributed by atoms with E-state index in [4.69, 9.17) is 0 Å². The molecular weight excluding hydrogens is 284 g/mol. The van der Waals surface area contributed by atoms with Crippen LogP contribution in [0.4, 0.5) is 0 Å². The number of fused-ring (bicyclic) bond motifs is 1. The Morgan fingerprint density at radius 1 is 1.38 bits per heavy atom. The second-order valence-electron chi connectivity index (χ2n) is 5.27. The largest absolute Gasteiger partial charge is 0.359 e. The molecule has 2 aromatic rings. The highest BCUT2D eigenvalue weighted by Gasteiger charge is 2.16. The van der Waals surface area contributed by atoms with Gasteiger partial charge in [-0.2, -0.15) is 0 Å². The van der Waals surface area contributed by atoms with Gasteiger partial charge in [0, 0.05) is 12.2 Å². The highest BCUT2D eigenvalue weighted by Crippen LogP contribution is 2.15. The van der Waals surface area contributed by atoms with Crippen LogP contribution in [0.25, 0.3) is 10.2 Å². The first-order valence-electron chi connectivity index (χ1n) is 7.57. The van der Waals surface area contributed by atoms with Crippen molar-refractivity contribution in [2.75, 3.05) is 0 Å². The lowest BCUT2D eigenvalue weighted by Gasteiger charge is -2.16. The molecule has 0 fully saturated rings.